The molecule has 0 atom stereocenters. The van der Waals surface area contributed by atoms with Gasteiger partial charge < -0.3 is 10.6 Å². The van der Waals surface area contributed by atoms with E-state index in [4.69, 9.17) is 0 Å². The topological polar surface area (TPSA) is 41.1 Å². The van der Waals surface area contributed by atoms with Crippen LogP contribution in [0.25, 0.3) is 0 Å². The summed E-state index contributed by atoms with van der Waals surface area (Å²) in [4.78, 5) is 11.9. The van der Waals surface area contributed by atoms with Gasteiger partial charge in [0, 0.05) is 24.3 Å². The molecule has 0 saturated heterocycles. The maximum atomic E-state index is 11.9. The SMILES string of the molecule is CNc1ccc(C(=O)NC2CCC2)c(C)c1. The molecule has 0 spiro atoms. The molecule has 1 saturated carbocycles. The Morgan fingerprint density at radius 2 is 2.12 bits per heavy atom. The smallest absolute Gasteiger partial charge is 0.251 e. The summed E-state index contributed by atoms with van der Waals surface area (Å²) in [6.45, 7) is 1.97. The zero-order chi connectivity index (χ0) is 11.5. The number of anilines is 1. The third kappa shape index (κ3) is 2.18. The molecule has 1 fully saturated rings. The zero-order valence-electron chi connectivity index (χ0n) is 9.84. The van der Waals surface area contributed by atoms with Crippen molar-refractivity contribution in [1.82, 2.24) is 5.32 Å². The summed E-state index contributed by atoms with van der Waals surface area (Å²) >= 11 is 0. The third-order valence-corrected chi connectivity index (χ3v) is 3.20. The van der Waals surface area contributed by atoms with E-state index in [-0.39, 0.29) is 5.91 Å². The monoisotopic (exact) mass is 218 g/mol. The van der Waals surface area contributed by atoms with E-state index in [9.17, 15) is 4.79 Å². The zero-order valence-corrected chi connectivity index (χ0v) is 9.84. The molecule has 2 N–H and O–H groups in total. The standard InChI is InChI=1S/C13H18N2O/c1-9-8-11(14-2)6-7-12(9)13(16)15-10-4-3-5-10/h6-8,10,14H,3-5H2,1-2H3,(H,15,16). The molecule has 1 aliphatic carbocycles. The maximum Gasteiger partial charge on any atom is 0.251 e. The Morgan fingerprint density at radius 3 is 2.62 bits per heavy atom. The van der Waals surface area contributed by atoms with Crippen LogP contribution in [0.3, 0.4) is 0 Å². The van der Waals surface area contributed by atoms with Crippen LogP contribution < -0.4 is 10.6 Å². The van der Waals surface area contributed by atoms with Crippen molar-refractivity contribution in [2.45, 2.75) is 32.2 Å². The Kier molecular flexibility index (Phi) is 3.13. The van der Waals surface area contributed by atoms with E-state index in [1.54, 1.807) is 0 Å². The van der Waals surface area contributed by atoms with Crippen LogP contribution in [0.5, 0.6) is 0 Å². The average molecular weight is 218 g/mol. The first kappa shape index (κ1) is 11.0. The van der Waals surface area contributed by atoms with Crippen molar-refractivity contribution in [1.29, 1.82) is 0 Å². The minimum atomic E-state index is 0.0600. The van der Waals surface area contributed by atoms with Gasteiger partial charge in [-0.3, -0.25) is 4.79 Å². The van der Waals surface area contributed by atoms with E-state index in [0.717, 1.165) is 29.7 Å². The quantitative estimate of drug-likeness (QED) is 0.817. The molecule has 0 bridgehead atoms. The molecule has 1 amide bonds. The number of carbonyl (C=O) groups is 1. The summed E-state index contributed by atoms with van der Waals surface area (Å²) < 4.78 is 0. The Balaban J connectivity index is 2.09. The third-order valence-electron chi connectivity index (χ3n) is 3.20. The molecule has 16 heavy (non-hydrogen) atoms. The van der Waals surface area contributed by atoms with Gasteiger partial charge in [0.15, 0.2) is 0 Å². The fourth-order valence-corrected chi connectivity index (χ4v) is 1.89. The molecule has 0 unspecified atom stereocenters. The van der Waals surface area contributed by atoms with Gasteiger partial charge in [-0.05, 0) is 49.9 Å². The second-order valence-corrected chi connectivity index (χ2v) is 4.38. The van der Waals surface area contributed by atoms with E-state index in [1.807, 2.05) is 32.2 Å². The molecule has 1 aliphatic rings. The number of carbonyl (C=O) groups excluding carboxylic acids is 1. The molecule has 2 rings (SSSR count). The Hall–Kier alpha value is -1.51. The van der Waals surface area contributed by atoms with Crippen LogP contribution in [0.1, 0.15) is 35.2 Å². The fraction of sp³-hybridized carbons (Fsp3) is 0.462. The molecule has 0 aliphatic heterocycles. The van der Waals surface area contributed by atoms with Crippen molar-refractivity contribution >= 4 is 11.6 Å². The van der Waals surface area contributed by atoms with Crippen molar-refractivity contribution in [3.63, 3.8) is 0 Å². The largest absolute Gasteiger partial charge is 0.388 e. The van der Waals surface area contributed by atoms with Crippen LogP contribution in [0.4, 0.5) is 5.69 Å². The van der Waals surface area contributed by atoms with Crippen LogP contribution in [0, 0.1) is 6.92 Å². The minimum absolute atomic E-state index is 0.0600. The molecular formula is C13H18N2O. The maximum absolute atomic E-state index is 11.9. The van der Waals surface area contributed by atoms with E-state index in [1.165, 1.54) is 6.42 Å². The first-order chi connectivity index (χ1) is 7.70. The van der Waals surface area contributed by atoms with Gasteiger partial charge in [0.1, 0.15) is 0 Å². The van der Waals surface area contributed by atoms with Gasteiger partial charge in [-0.15, -0.1) is 0 Å². The van der Waals surface area contributed by atoms with Gasteiger partial charge >= 0.3 is 0 Å². The van der Waals surface area contributed by atoms with Crippen LogP contribution in [-0.4, -0.2) is 19.0 Å². The number of aryl methyl sites for hydroxylation is 1. The van der Waals surface area contributed by atoms with E-state index in [2.05, 4.69) is 10.6 Å². The molecule has 1 aromatic carbocycles. The first-order valence-corrected chi connectivity index (χ1v) is 5.80. The van der Waals surface area contributed by atoms with E-state index in [0.29, 0.717) is 6.04 Å². The van der Waals surface area contributed by atoms with Crippen LogP contribution in [0.2, 0.25) is 0 Å². The van der Waals surface area contributed by atoms with Crippen molar-refractivity contribution in [2.75, 3.05) is 12.4 Å². The molecule has 0 aromatic heterocycles. The average Bonchev–Trinajstić information content (AvgIpc) is 2.23. The highest BCUT2D eigenvalue weighted by Crippen LogP contribution is 2.20. The molecular weight excluding hydrogens is 200 g/mol. The van der Waals surface area contributed by atoms with Crippen molar-refractivity contribution < 1.29 is 4.79 Å². The lowest BCUT2D eigenvalue weighted by Crippen LogP contribution is -2.39. The summed E-state index contributed by atoms with van der Waals surface area (Å²) in [5.41, 5.74) is 2.84. The predicted octanol–water partition coefficient (Wildman–Crippen LogP) is 2.32. The summed E-state index contributed by atoms with van der Waals surface area (Å²) in [5.74, 6) is 0.0600. The van der Waals surface area contributed by atoms with Gasteiger partial charge in [-0.2, -0.15) is 0 Å². The normalized spacial score (nSPS) is 15.4. The lowest BCUT2D eigenvalue weighted by atomic mass is 9.92. The summed E-state index contributed by atoms with van der Waals surface area (Å²) in [6, 6.07) is 6.21. The van der Waals surface area contributed by atoms with E-state index >= 15 is 0 Å². The van der Waals surface area contributed by atoms with Gasteiger partial charge in [0.2, 0.25) is 0 Å². The Labute approximate surface area is 96.2 Å². The summed E-state index contributed by atoms with van der Waals surface area (Å²) in [5, 5.41) is 6.12. The van der Waals surface area contributed by atoms with Crippen molar-refractivity contribution in [3.05, 3.63) is 29.3 Å². The number of nitrogens with one attached hydrogen (secondary N) is 2. The van der Waals surface area contributed by atoms with Gasteiger partial charge in [0.05, 0.1) is 0 Å². The molecule has 3 nitrogen and oxygen atoms in total. The molecule has 1 aromatic rings. The highest BCUT2D eigenvalue weighted by atomic mass is 16.1. The molecule has 3 heteroatoms. The Morgan fingerprint density at radius 1 is 1.38 bits per heavy atom. The second-order valence-electron chi connectivity index (χ2n) is 4.38. The highest BCUT2D eigenvalue weighted by molar-refractivity contribution is 5.96. The van der Waals surface area contributed by atoms with Crippen LogP contribution >= 0.6 is 0 Å². The van der Waals surface area contributed by atoms with E-state index < -0.39 is 0 Å². The minimum Gasteiger partial charge on any atom is -0.388 e. The summed E-state index contributed by atoms with van der Waals surface area (Å²) in [7, 11) is 1.88. The van der Waals surface area contributed by atoms with Gasteiger partial charge in [-0.25, -0.2) is 0 Å². The lowest BCUT2D eigenvalue weighted by Gasteiger charge is -2.26. The number of hydrogen-bond donors (Lipinski definition) is 2. The molecule has 86 valence electrons. The van der Waals surface area contributed by atoms with Crippen molar-refractivity contribution in [3.8, 4) is 0 Å². The molecule has 0 heterocycles. The first-order valence-electron chi connectivity index (χ1n) is 5.80. The second kappa shape index (κ2) is 4.56. The van der Waals surface area contributed by atoms with Crippen molar-refractivity contribution in [2.24, 2.45) is 0 Å². The fourth-order valence-electron chi connectivity index (χ4n) is 1.89. The van der Waals surface area contributed by atoms with Crippen LogP contribution in [0.15, 0.2) is 18.2 Å². The predicted molar refractivity (Wildman–Crippen MR) is 65.8 cm³/mol. The molecule has 0 radical (unpaired) electrons. The lowest BCUT2D eigenvalue weighted by molar-refractivity contribution is 0.0916. The van der Waals surface area contributed by atoms with Gasteiger partial charge in [-0.1, -0.05) is 0 Å². The van der Waals surface area contributed by atoms with Gasteiger partial charge in [0.25, 0.3) is 5.91 Å². The number of hydrogen-bond acceptors (Lipinski definition) is 2. The number of rotatable bonds is 3. The Bertz CT molecular complexity index is 397. The summed E-state index contributed by atoms with van der Waals surface area (Å²) in [6.07, 6.45) is 3.49. The van der Waals surface area contributed by atoms with Crippen LogP contribution in [-0.2, 0) is 0 Å². The highest BCUT2D eigenvalue weighted by Gasteiger charge is 2.20. The number of benzene rings is 1. The number of amides is 1.